The van der Waals surface area contributed by atoms with E-state index in [1.165, 1.54) is 12.8 Å². The predicted octanol–water partition coefficient (Wildman–Crippen LogP) is 4.43. The van der Waals surface area contributed by atoms with Gasteiger partial charge in [-0.15, -0.1) is 0 Å². The summed E-state index contributed by atoms with van der Waals surface area (Å²) in [7, 11) is 0. The van der Waals surface area contributed by atoms with Crippen molar-refractivity contribution >= 4 is 0 Å². The highest BCUT2D eigenvalue weighted by atomic mass is 16.3. The van der Waals surface area contributed by atoms with Crippen molar-refractivity contribution in [2.24, 2.45) is 17.3 Å². The Morgan fingerprint density at radius 3 is 1.95 bits per heavy atom. The van der Waals surface area contributed by atoms with E-state index in [1.54, 1.807) is 0 Å². The molecular weight excluding hydrogens is 234 g/mol. The van der Waals surface area contributed by atoms with Crippen molar-refractivity contribution in [3.63, 3.8) is 0 Å². The predicted molar refractivity (Wildman–Crippen MR) is 77.5 cm³/mol. The second kappa shape index (κ2) is 5.83. The second-order valence-electron chi connectivity index (χ2n) is 7.22. The number of aliphatic hydroxyl groups is 1. The molecule has 0 bridgehead atoms. The van der Waals surface area contributed by atoms with E-state index in [0.29, 0.717) is 5.92 Å². The van der Waals surface area contributed by atoms with E-state index in [4.69, 9.17) is 0 Å². The van der Waals surface area contributed by atoms with Gasteiger partial charge in [0, 0.05) is 0 Å². The molecule has 0 spiro atoms. The molecule has 19 heavy (non-hydrogen) atoms. The van der Waals surface area contributed by atoms with Gasteiger partial charge in [0.15, 0.2) is 0 Å². The number of nitrogens with zero attached hydrogens (tertiary/aromatic N) is 1. The summed E-state index contributed by atoms with van der Waals surface area (Å²) in [5, 5.41) is 20.9. The van der Waals surface area contributed by atoms with Crippen LogP contribution in [-0.4, -0.2) is 10.7 Å². The number of nitriles is 1. The Hall–Kier alpha value is -0.550. The van der Waals surface area contributed by atoms with Gasteiger partial charge in [-0.3, -0.25) is 0 Å². The molecule has 2 fully saturated rings. The van der Waals surface area contributed by atoms with Crippen molar-refractivity contribution in [1.29, 1.82) is 5.26 Å². The standard InChI is InChI=1S/C17H29NO/c1-14(2)15-7-11-16(13-18,12-8-15)17(19)9-5-3-4-6-10-17/h14-15,19H,3-12H2,1-2H3. The minimum Gasteiger partial charge on any atom is -0.388 e. The van der Waals surface area contributed by atoms with Crippen LogP contribution in [-0.2, 0) is 0 Å². The molecule has 2 aliphatic carbocycles. The van der Waals surface area contributed by atoms with Gasteiger partial charge < -0.3 is 5.11 Å². The molecule has 0 unspecified atom stereocenters. The maximum Gasteiger partial charge on any atom is 0.0860 e. The van der Waals surface area contributed by atoms with Gasteiger partial charge in [0.05, 0.1) is 17.1 Å². The van der Waals surface area contributed by atoms with Crippen molar-refractivity contribution in [2.75, 3.05) is 0 Å². The fraction of sp³-hybridized carbons (Fsp3) is 0.941. The molecule has 2 nitrogen and oxygen atoms in total. The SMILES string of the molecule is CC(C)C1CCC(C#N)(C2(O)CCCCCC2)CC1. The third-order valence-corrected chi connectivity index (χ3v) is 5.86. The second-order valence-corrected chi connectivity index (χ2v) is 7.22. The lowest BCUT2D eigenvalue weighted by molar-refractivity contribution is -0.0905. The summed E-state index contributed by atoms with van der Waals surface area (Å²) >= 11 is 0. The molecule has 0 atom stereocenters. The zero-order chi connectivity index (χ0) is 13.9. The summed E-state index contributed by atoms with van der Waals surface area (Å²) in [6.07, 6.45) is 10.4. The molecule has 2 saturated carbocycles. The van der Waals surface area contributed by atoms with Crippen molar-refractivity contribution in [1.82, 2.24) is 0 Å². The summed E-state index contributed by atoms with van der Waals surface area (Å²) in [5.41, 5.74) is -1.16. The molecule has 0 amide bonds. The van der Waals surface area contributed by atoms with Crippen molar-refractivity contribution in [3.05, 3.63) is 0 Å². The maximum atomic E-state index is 11.1. The average Bonchev–Trinajstić information content (AvgIpc) is 2.64. The Kier molecular flexibility index (Phi) is 4.56. The average molecular weight is 263 g/mol. The highest BCUT2D eigenvalue weighted by Crippen LogP contribution is 2.52. The third-order valence-electron chi connectivity index (χ3n) is 5.86. The summed E-state index contributed by atoms with van der Waals surface area (Å²) in [4.78, 5) is 0. The van der Waals surface area contributed by atoms with Crippen LogP contribution >= 0.6 is 0 Å². The number of hydrogen-bond donors (Lipinski definition) is 1. The van der Waals surface area contributed by atoms with E-state index in [0.717, 1.165) is 57.3 Å². The van der Waals surface area contributed by atoms with Gasteiger partial charge in [-0.1, -0.05) is 39.5 Å². The van der Waals surface area contributed by atoms with E-state index in [1.807, 2.05) is 0 Å². The van der Waals surface area contributed by atoms with Crippen molar-refractivity contribution in [3.8, 4) is 6.07 Å². The Morgan fingerprint density at radius 1 is 1.00 bits per heavy atom. The van der Waals surface area contributed by atoms with E-state index >= 15 is 0 Å². The number of hydrogen-bond acceptors (Lipinski definition) is 2. The van der Waals surface area contributed by atoms with Crippen LogP contribution in [0, 0.1) is 28.6 Å². The van der Waals surface area contributed by atoms with Crippen LogP contribution in [0.15, 0.2) is 0 Å². The van der Waals surface area contributed by atoms with Crippen LogP contribution in [0.5, 0.6) is 0 Å². The van der Waals surface area contributed by atoms with E-state index < -0.39 is 11.0 Å². The molecule has 108 valence electrons. The van der Waals surface area contributed by atoms with E-state index in [9.17, 15) is 10.4 Å². The van der Waals surface area contributed by atoms with Crippen molar-refractivity contribution in [2.45, 2.75) is 83.7 Å². The molecule has 0 aliphatic heterocycles. The van der Waals surface area contributed by atoms with Crippen LogP contribution in [0.25, 0.3) is 0 Å². The highest BCUT2D eigenvalue weighted by molar-refractivity contribution is 5.13. The van der Waals surface area contributed by atoms with Gasteiger partial charge in [-0.05, 0) is 50.4 Å². The summed E-state index contributed by atoms with van der Waals surface area (Å²) < 4.78 is 0. The summed E-state index contributed by atoms with van der Waals surface area (Å²) in [6, 6.07) is 2.56. The fourth-order valence-electron chi connectivity index (χ4n) is 4.27. The molecular formula is C17H29NO. The normalized spacial score (nSPS) is 35.6. The van der Waals surface area contributed by atoms with Gasteiger partial charge in [0.1, 0.15) is 0 Å². The minimum absolute atomic E-state index is 0.456. The zero-order valence-electron chi connectivity index (χ0n) is 12.6. The van der Waals surface area contributed by atoms with Gasteiger partial charge in [0.2, 0.25) is 0 Å². The molecule has 0 aromatic carbocycles. The zero-order valence-corrected chi connectivity index (χ0v) is 12.6. The van der Waals surface area contributed by atoms with Gasteiger partial charge in [-0.2, -0.15) is 5.26 Å². The van der Waals surface area contributed by atoms with E-state index in [-0.39, 0.29) is 0 Å². The quantitative estimate of drug-likeness (QED) is 0.749. The molecule has 1 N–H and O–H groups in total. The molecule has 0 saturated heterocycles. The van der Waals surface area contributed by atoms with Gasteiger partial charge in [-0.25, -0.2) is 0 Å². The highest BCUT2D eigenvalue weighted by Gasteiger charge is 2.51. The third kappa shape index (κ3) is 2.82. The molecule has 0 aromatic heterocycles. The van der Waals surface area contributed by atoms with Crippen LogP contribution in [0.2, 0.25) is 0 Å². The Bertz CT molecular complexity index is 326. The minimum atomic E-state index is -0.708. The topological polar surface area (TPSA) is 44.0 Å². The largest absolute Gasteiger partial charge is 0.388 e. The lowest BCUT2D eigenvalue weighted by Gasteiger charge is -2.47. The monoisotopic (exact) mass is 263 g/mol. The first-order chi connectivity index (χ1) is 9.03. The van der Waals surface area contributed by atoms with E-state index in [2.05, 4.69) is 19.9 Å². The van der Waals surface area contributed by atoms with Crippen LogP contribution in [0.4, 0.5) is 0 Å². The van der Waals surface area contributed by atoms with Crippen LogP contribution in [0.1, 0.15) is 78.1 Å². The first kappa shape index (κ1) is 14.9. The number of rotatable bonds is 2. The van der Waals surface area contributed by atoms with Crippen LogP contribution < -0.4 is 0 Å². The van der Waals surface area contributed by atoms with Crippen LogP contribution in [0.3, 0.4) is 0 Å². The smallest absolute Gasteiger partial charge is 0.0860 e. The molecule has 0 heterocycles. The first-order valence-electron chi connectivity index (χ1n) is 8.17. The molecule has 0 radical (unpaired) electrons. The Balaban J connectivity index is 2.13. The summed E-state index contributed by atoms with van der Waals surface area (Å²) in [6.45, 7) is 4.56. The first-order valence-corrected chi connectivity index (χ1v) is 8.17. The molecule has 2 heteroatoms. The molecule has 0 aromatic rings. The fourth-order valence-corrected chi connectivity index (χ4v) is 4.27. The maximum absolute atomic E-state index is 11.1. The van der Waals surface area contributed by atoms with Crippen molar-refractivity contribution < 1.29 is 5.11 Å². The Morgan fingerprint density at radius 2 is 1.53 bits per heavy atom. The van der Waals surface area contributed by atoms with Gasteiger partial charge in [0.25, 0.3) is 0 Å². The summed E-state index contributed by atoms with van der Waals surface area (Å²) in [5.74, 6) is 1.45. The molecule has 2 rings (SSSR count). The lowest BCUT2D eigenvalue weighted by atomic mass is 9.59. The lowest BCUT2D eigenvalue weighted by Crippen LogP contribution is -2.49. The molecule has 2 aliphatic rings. The Labute approximate surface area is 118 Å². The van der Waals surface area contributed by atoms with Gasteiger partial charge >= 0.3 is 0 Å².